The summed E-state index contributed by atoms with van der Waals surface area (Å²) in [5.41, 5.74) is 2.14. The zero-order valence-electron chi connectivity index (χ0n) is 16.5. The molecule has 1 aromatic carbocycles. The standard InChI is InChI=1S/C22H26N4O3/c1-14-12-26(18-9-8-15(11-23)21-16(18)5-4-10-24-21)13-20(29-14)22(28)25-17-6-2-3-7-19(17)27/h4-5,8-10,14,17,19-20,27H,2-3,6-7,12-13H2,1H3,(H,25,28)/t14-,17?,19?,20-/m1/s1. The average molecular weight is 394 g/mol. The number of amides is 1. The van der Waals surface area contributed by atoms with Gasteiger partial charge in [-0.1, -0.05) is 12.8 Å². The Bertz CT molecular complexity index is 941. The van der Waals surface area contributed by atoms with Gasteiger partial charge in [0, 0.05) is 23.8 Å². The monoisotopic (exact) mass is 394 g/mol. The molecule has 2 aliphatic rings. The van der Waals surface area contributed by atoms with E-state index in [1.807, 2.05) is 25.1 Å². The predicted molar refractivity (Wildman–Crippen MR) is 109 cm³/mol. The first-order valence-corrected chi connectivity index (χ1v) is 10.2. The minimum atomic E-state index is -0.616. The summed E-state index contributed by atoms with van der Waals surface area (Å²) >= 11 is 0. The van der Waals surface area contributed by atoms with Crippen LogP contribution in [0.15, 0.2) is 30.5 Å². The summed E-state index contributed by atoms with van der Waals surface area (Å²) in [5, 5.41) is 23.4. The second-order valence-electron chi connectivity index (χ2n) is 7.95. The topological polar surface area (TPSA) is 98.5 Å². The summed E-state index contributed by atoms with van der Waals surface area (Å²) in [6, 6.07) is 9.49. The van der Waals surface area contributed by atoms with Crippen LogP contribution in [0.25, 0.3) is 10.9 Å². The maximum absolute atomic E-state index is 12.9. The fourth-order valence-electron chi connectivity index (χ4n) is 4.37. The molecule has 0 bridgehead atoms. The lowest BCUT2D eigenvalue weighted by Gasteiger charge is -2.39. The summed E-state index contributed by atoms with van der Waals surface area (Å²) < 4.78 is 5.93. The quantitative estimate of drug-likeness (QED) is 0.827. The summed E-state index contributed by atoms with van der Waals surface area (Å²) in [5.74, 6) is -0.177. The van der Waals surface area contributed by atoms with E-state index in [4.69, 9.17) is 4.74 Å². The van der Waals surface area contributed by atoms with Gasteiger partial charge in [0.25, 0.3) is 5.91 Å². The van der Waals surface area contributed by atoms with Crippen LogP contribution >= 0.6 is 0 Å². The van der Waals surface area contributed by atoms with Crippen molar-refractivity contribution >= 4 is 22.5 Å². The molecule has 29 heavy (non-hydrogen) atoms. The average Bonchev–Trinajstić information content (AvgIpc) is 2.74. The Morgan fingerprint density at radius 1 is 1.31 bits per heavy atom. The number of hydrogen-bond acceptors (Lipinski definition) is 6. The zero-order valence-corrected chi connectivity index (χ0v) is 16.5. The van der Waals surface area contributed by atoms with Gasteiger partial charge in [-0.2, -0.15) is 5.26 Å². The molecule has 4 atom stereocenters. The third kappa shape index (κ3) is 4.04. The lowest BCUT2D eigenvalue weighted by atomic mass is 9.92. The van der Waals surface area contributed by atoms with Crippen molar-refractivity contribution in [3.8, 4) is 6.07 Å². The van der Waals surface area contributed by atoms with Crippen LogP contribution < -0.4 is 10.2 Å². The van der Waals surface area contributed by atoms with Crippen molar-refractivity contribution in [1.82, 2.24) is 10.3 Å². The van der Waals surface area contributed by atoms with Crippen molar-refractivity contribution in [3.05, 3.63) is 36.0 Å². The number of aliphatic hydroxyl groups is 1. The molecule has 1 aromatic heterocycles. The molecule has 7 heteroatoms. The molecular weight excluding hydrogens is 368 g/mol. The molecule has 1 aliphatic carbocycles. The van der Waals surface area contributed by atoms with Gasteiger partial charge in [0.1, 0.15) is 6.07 Å². The van der Waals surface area contributed by atoms with E-state index >= 15 is 0 Å². The van der Waals surface area contributed by atoms with Crippen LogP contribution in [0.5, 0.6) is 0 Å². The maximum Gasteiger partial charge on any atom is 0.251 e. The number of morpholine rings is 1. The number of hydrogen-bond donors (Lipinski definition) is 2. The second-order valence-corrected chi connectivity index (χ2v) is 7.95. The maximum atomic E-state index is 12.9. The van der Waals surface area contributed by atoms with Gasteiger partial charge >= 0.3 is 0 Å². The molecule has 1 saturated carbocycles. The SMILES string of the molecule is C[C@@H]1CN(c2ccc(C#N)c3ncccc23)C[C@H](C(=O)NC2CCCCC2O)O1. The van der Waals surface area contributed by atoms with Crippen LogP contribution in [0.3, 0.4) is 0 Å². The van der Waals surface area contributed by atoms with E-state index < -0.39 is 12.2 Å². The van der Waals surface area contributed by atoms with E-state index in [0.29, 0.717) is 24.2 Å². The molecule has 2 N–H and O–H groups in total. The Labute approximate surface area is 170 Å². The molecule has 1 aliphatic heterocycles. The summed E-state index contributed by atoms with van der Waals surface area (Å²) in [4.78, 5) is 19.4. The molecule has 2 heterocycles. The number of nitriles is 1. The van der Waals surface area contributed by atoms with Crippen molar-refractivity contribution in [1.29, 1.82) is 5.26 Å². The highest BCUT2D eigenvalue weighted by molar-refractivity contribution is 5.95. The number of nitrogens with one attached hydrogen (secondary N) is 1. The third-order valence-electron chi connectivity index (χ3n) is 5.82. The number of anilines is 1. The van der Waals surface area contributed by atoms with Crippen molar-refractivity contribution in [2.45, 2.75) is 57.0 Å². The third-order valence-corrected chi connectivity index (χ3v) is 5.82. The lowest BCUT2D eigenvalue weighted by Crippen LogP contribution is -2.56. The van der Waals surface area contributed by atoms with Crippen molar-refractivity contribution < 1.29 is 14.6 Å². The molecule has 1 amide bonds. The number of nitrogens with zero attached hydrogens (tertiary/aromatic N) is 3. The Morgan fingerprint density at radius 3 is 2.93 bits per heavy atom. The van der Waals surface area contributed by atoms with E-state index in [1.54, 1.807) is 12.3 Å². The molecule has 2 aromatic rings. The van der Waals surface area contributed by atoms with Gasteiger partial charge < -0.3 is 20.1 Å². The molecule has 2 fully saturated rings. The van der Waals surface area contributed by atoms with Crippen LogP contribution in [-0.4, -0.2) is 53.4 Å². The summed E-state index contributed by atoms with van der Waals surface area (Å²) in [6.45, 7) is 3.01. The van der Waals surface area contributed by atoms with Gasteiger partial charge in [-0.05, 0) is 44.0 Å². The van der Waals surface area contributed by atoms with Gasteiger partial charge in [-0.25, -0.2) is 0 Å². The zero-order chi connectivity index (χ0) is 20.4. The van der Waals surface area contributed by atoms with E-state index in [9.17, 15) is 15.2 Å². The number of carbonyl (C=O) groups is 1. The molecule has 0 radical (unpaired) electrons. The first-order chi connectivity index (χ1) is 14.1. The van der Waals surface area contributed by atoms with E-state index in [-0.39, 0.29) is 18.1 Å². The van der Waals surface area contributed by atoms with E-state index in [1.165, 1.54) is 0 Å². The summed E-state index contributed by atoms with van der Waals surface area (Å²) in [6.07, 6.45) is 3.99. The summed E-state index contributed by atoms with van der Waals surface area (Å²) in [7, 11) is 0. The van der Waals surface area contributed by atoms with Crippen LogP contribution in [0.1, 0.15) is 38.2 Å². The van der Waals surface area contributed by atoms with Crippen LogP contribution in [0.4, 0.5) is 5.69 Å². The Morgan fingerprint density at radius 2 is 2.14 bits per heavy atom. The molecular formula is C22H26N4O3. The van der Waals surface area contributed by atoms with Crippen molar-refractivity contribution in [3.63, 3.8) is 0 Å². The highest BCUT2D eigenvalue weighted by atomic mass is 16.5. The van der Waals surface area contributed by atoms with Gasteiger partial charge in [0.15, 0.2) is 6.10 Å². The van der Waals surface area contributed by atoms with Gasteiger partial charge in [0.2, 0.25) is 0 Å². The number of aliphatic hydroxyl groups excluding tert-OH is 1. The van der Waals surface area contributed by atoms with Gasteiger partial charge in [-0.15, -0.1) is 0 Å². The Kier molecular flexibility index (Phi) is 5.65. The minimum Gasteiger partial charge on any atom is -0.391 e. The predicted octanol–water partition coefficient (Wildman–Crippen LogP) is 2.12. The number of aromatic nitrogens is 1. The second kappa shape index (κ2) is 8.36. The molecule has 1 saturated heterocycles. The smallest absolute Gasteiger partial charge is 0.251 e. The number of pyridine rings is 1. The number of ether oxygens (including phenoxy) is 1. The number of rotatable bonds is 3. The van der Waals surface area contributed by atoms with Crippen LogP contribution in [0.2, 0.25) is 0 Å². The van der Waals surface area contributed by atoms with Crippen molar-refractivity contribution in [2.24, 2.45) is 0 Å². The van der Waals surface area contributed by atoms with Gasteiger partial charge in [-0.3, -0.25) is 9.78 Å². The van der Waals surface area contributed by atoms with Gasteiger partial charge in [0.05, 0.1) is 35.9 Å². The van der Waals surface area contributed by atoms with Crippen LogP contribution in [0, 0.1) is 11.3 Å². The Hall–Kier alpha value is -2.69. The first kappa shape index (κ1) is 19.6. The highest BCUT2D eigenvalue weighted by Gasteiger charge is 2.34. The van der Waals surface area contributed by atoms with Crippen molar-refractivity contribution in [2.75, 3.05) is 18.0 Å². The number of carbonyl (C=O) groups excluding carboxylic acids is 1. The molecule has 7 nitrogen and oxygen atoms in total. The molecule has 0 spiro atoms. The number of fused-ring (bicyclic) bond motifs is 1. The molecule has 4 rings (SSSR count). The minimum absolute atomic E-state index is 0.127. The molecule has 2 unspecified atom stereocenters. The number of benzene rings is 1. The molecule has 152 valence electrons. The van der Waals surface area contributed by atoms with E-state index in [2.05, 4.69) is 21.3 Å². The fraction of sp³-hybridized carbons (Fsp3) is 0.500. The normalized spacial score (nSPS) is 27.4. The lowest BCUT2D eigenvalue weighted by molar-refractivity contribution is -0.139. The fourth-order valence-corrected chi connectivity index (χ4v) is 4.37. The highest BCUT2D eigenvalue weighted by Crippen LogP contribution is 2.30. The van der Waals surface area contributed by atoms with Crippen LogP contribution in [-0.2, 0) is 9.53 Å². The first-order valence-electron chi connectivity index (χ1n) is 10.2. The van der Waals surface area contributed by atoms with E-state index in [0.717, 1.165) is 36.8 Å². The Balaban J connectivity index is 1.56. The largest absolute Gasteiger partial charge is 0.391 e.